The van der Waals surface area contributed by atoms with E-state index in [2.05, 4.69) is 141 Å². The molecule has 0 amide bonds. The van der Waals surface area contributed by atoms with Gasteiger partial charge in [-0.1, -0.05) is 173 Å². The van der Waals surface area contributed by atoms with Gasteiger partial charge in [-0.15, -0.1) is 0 Å². The summed E-state index contributed by atoms with van der Waals surface area (Å²) in [4.78, 5) is 0. The number of likely N-dealkylation sites (N-methyl/N-ethyl adjacent to an activating group) is 1. The summed E-state index contributed by atoms with van der Waals surface area (Å²) < 4.78 is 3.10. The number of rotatable bonds is 30. The van der Waals surface area contributed by atoms with Gasteiger partial charge in [-0.05, 0) is 34.1 Å². The summed E-state index contributed by atoms with van der Waals surface area (Å²) in [5.41, 5.74) is 5.14. The number of hydrogen-bond donors (Lipinski definition) is 5. The van der Waals surface area contributed by atoms with Crippen LogP contribution < -0.4 is 54.9 Å². The fourth-order valence-corrected chi connectivity index (χ4v) is 9.94. The van der Waals surface area contributed by atoms with Crippen LogP contribution in [0, 0.1) is 0 Å². The Bertz CT molecular complexity index is 1760. The lowest BCUT2D eigenvalue weighted by atomic mass is 10.1. The van der Waals surface area contributed by atoms with Crippen molar-refractivity contribution in [1.82, 2.24) is 5.32 Å². The Kier molecular flexibility index (Phi) is 48.9. The van der Waals surface area contributed by atoms with E-state index in [4.69, 9.17) is 0 Å². The molecule has 71 heavy (non-hydrogen) atoms. The summed E-state index contributed by atoms with van der Waals surface area (Å²) in [6, 6.07) is 43.2. The highest BCUT2D eigenvalue weighted by Crippen LogP contribution is 2.26. The van der Waals surface area contributed by atoms with Crippen molar-refractivity contribution in [2.24, 2.45) is 0 Å². The number of nitrogens with zero attached hydrogens (tertiary/aromatic N) is 4. The molecule has 0 radical (unpaired) electrons. The number of halogens is 4. The SMILES string of the molecule is C.C.C.C.C.C.CCC[N+](CC[N+](CCNCC(C)O)(CC[N+](C)(Cc1ccccc1)CC(C)O)Cc1ccccc1)(CC[N+](Cc1ccccc1)(CC(C)O)CC(C)O)Cc1ccccc1.[Cl-].[Cl-].[Cl-].[Cl-]. The van der Waals surface area contributed by atoms with Crippen molar-refractivity contribution in [3.8, 4) is 0 Å². The molecule has 13 heteroatoms. The van der Waals surface area contributed by atoms with Crippen molar-refractivity contribution >= 4 is 0 Å². The molecule has 0 aliphatic rings. The molecule has 7 atom stereocenters. The molecular weight excluding hydrogens is 972 g/mol. The van der Waals surface area contributed by atoms with Gasteiger partial charge < -0.3 is 93.3 Å². The molecule has 0 aromatic heterocycles. The summed E-state index contributed by atoms with van der Waals surface area (Å²) in [7, 11) is 2.31. The number of benzene rings is 4. The topological polar surface area (TPSA) is 93.0 Å². The Morgan fingerprint density at radius 1 is 0.380 bits per heavy atom. The summed E-state index contributed by atoms with van der Waals surface area (Å²) >= 11 is 0. The van der Waals surface area contributed by atoms with Crippen LogP contribution in [0.5, 0.6) is 0 Å². The number of aliphatic hydroxyl groups excluding tert-OH is 4. The Morgan fingerprint density at radius 3 is 1.00 bits per heavy atom. The van der Waals surface area contributed by atoms with Crippen molar-refractivity contribution in [2.45, 2.75) is 136 Å². The van der Waals surface area contributed by atoms with E-state index in [0.29, 0.717) is 30.7 Å². The van der Waals surface area contributed by atoms with E-state index in [1.807, 2.05) is 27.7 Å². The smallest absolute Gasteiger partial charge is 0.129 e. The molecule has 0 aliphatic carbocycles. The van der Waals surface area contributed by atoms with Crippen molar-refractivity contribution in [3.05, 3.63) is 144 Å². The average Bonchev–Trinajstić information content (AvgIpc) is 3.21. The maximum Gasteiger partial charge on any atom is 0.129 e. The minimum Gasteiger partial charge on any atom is -1.00 e. The molecule has 7 unspecified atom stereocenters. The first-order chi connectivity index (χ1) is 29.2. The van der Waals surface area contributed by atoms with Crippen LogP contribution in [0.1, 0.15) is 108 Å². The molecule has 0 fully saturated rings. The monoisotopic (exact) mass is 1080 g/mol. The first-order valence-electron chi connectivity index (χ1n) is 23.1. The van der Waals surface area contributed by atoms with Gasteiger partial charge >= 0.3 is 0 Å². The third kappa shape index (κ3) is 30.6. The number of nitrogens with one attached hydrogen (secondary N) is 1. The van der Waals surface area contributed by atoms with E-state index in [-0.39, 0.29) is 94.2 Å². The lowest BCUT2D eigenvalue weighted by molar-refractivity contribution is -1.02. The molecule has 4 aromatic carbocycles. The van der Waals surface area contributed by atoms with Gasteiger partial charge in [0.05, 0.1) is 26.2 Å². The molecule has 0 saturated carbocycles. The molecule has 0 heterocycles. The zero-order valence-corrected chi connectivity index (χ0v) is 43.2. The third-order valence-electron chi connectivity index (χ3n) is 12.6. The molecule has 416 valence electrons. The Balaban J connectivity index is -0.000000819. The van der Waals surface area contributed by atoms with Gasteiger partial charge in [0.25, 0.3) is 0 Å². The minimum atomic E-state index is -0.515. The van der Waals surface area contributed by atoms with Crippen LogP contribution in [-0.4, -0.2) is 155 Å². The summed E-state index contributed by atoms with van der Waals surface area (Å²) in [5, 5.41) is 46.9. The Labute approximate surface area is 462 Å². The summed E-state index contributed by atoms with van der Waals surface area (Å²) in [6.45, 7) is 23.7. The molecular formula is C58H107Cl4N5O4. The standard InChI is InChI=1S/C52H83N5O4.6CH4.4ClH/c1-7-29-55(42-50-22-14-9-15-23-50,35-36-57(39-47(4)60,40-48(5)61)44-52-26-18-11-19-27-52)33-34-56(30-28-53-37-45(2)58,43-51-24-16-10-17-25-51)32-31-54(6,38-46(3)59)41-49-20-12-8-13-21-49;;;;;;;;;;/h8-27,45-48,53,58-61H,7,28-44H2,1-6H3;6*1H4;4*1H/q+4;;;;;;;;;;/p-4. The van der Waals surface area contributed by atoms with Crippen molar-refractivity contribution in [1.29, 1.82) is 0 Å². The first-order valence-corrected chi connectivity index (χ1v) is 23.1. The van der Waals surface area contributed by atoms with Crippen molar-refractivity contribution in [2.75, 3.05) is 92.1 Å². The second-order valence-electron chi connectivity index (χ2n) is 19.2. The normalized spacial score (nSPS) is 15.4. The van der Waals surface area contributed by atoms with Gasteiger partial charge in [0.15, 0.2) is 0 Å². The maximum absolute atomic E-state index is 11.1. The summed E-state index contributed by atoms with van der Waals surface area (Å²) in [6.07, 6.45) is -0.856. The highest BCUT2D eigenvalue weighted by molar-refractivity contribution is 5.16. The highest BCUT2D eigenvalue weighted by Gasteiger charge is 2.41. The van der Waals surface area contributed by atoms with E-state index in [1.165, 1.54) is 22.3 Å². The van der Waals surface area contributed by atoms with E-state index >= 15 is 0 Å². The second kappa shape index (κ2) is 42.0. The first kappa shape index (κ1) is 82.7. The van der Waals surface area contributed by atoms with E-state index < -0.39 is 24.4 Å². The van der Waals surface area contributed by atoms with E-state index in [9.17, 15) is 20.4 Å². The maximum atomic E-state index is 11.1. The van der Waals surface area contributed by atoms with E-state index in [1.54, 1.807) is 0 Å². The number of quaternary nitrogens is 4. The highest BCUT2D eigenvalue weighted by atomic mass is 35.5. The minimum absolute atomic E-state index is 0. The van der Waals surface area contributed by atoms with Gasteiger partial charge in [-0.3, -0.25) is 0 Å². The van der Waals surface area contributed by atoms with Crippen LogP contribution in [0.15, 0.2) is 121 Å². The molecule has 0 saturated heterocycles. The van der Waals surface area contributed by atoms with Gasteiger partial charge in [0, 0.05) is 35.3 Å². The van der Waals surface area contributed by atoms with Gasteiger partial charge in [0.1, 0.15) is 103 Å². The predicted molar refractivity (Wildman–Crippen MR) is 291 cm³/mol. The van der Waals surface area contributed by atoms with Crippen LogP contribution in [0.25, 0.3) is 0 Å². The van der Waals surface area contributed by atoms with Gasteiger partial charge in [0.2, 0.25) is 0 Å². The molecule has 4 aromatic rings. The fourth-order valence-electron chi connectivity index (χ4n) is 9.94. The lowest BCUT2D eigenvalue weighted by Crippen LogP contribution is -3.00. The molecule has 5 N–H and O–H groups in total. The summed E-state index contributed by atoms with van der Waals surface area (Å²) in [5.74, 6) is 0. The zero-order valence-electron chi connectivity index (χ0n) is 40.2. The third-order valence-corrected chi connectivity index (χ3v) is 12.6. The molecule has 9 nitrogen and oxygen atoms in total. The lowest BCUT2D eigenvalue weighted by Gasteiger charge is -2.47. The predicted octanol–water partition coefficient (Wildman–Crippen LogP) is -1.96. The fraction of sp³-hybridized carbons (Fsp3) is 0.586. The van der Waals surface area contributed by atoms with Gasteiger partial charge in [-0.25, -0.2) is 0 Å². The Hall–Kier alpha value is -2.32. The molecule has 0 bridgehead atoms. The van der Waals surface area contributed by atoms with E-state index in [0.717, 1.165) is 105 Å². The number of aliphatic hydroxyl groups is 4. The van der Waals surface area contributed by atoms with Crippen LogP contribution in [0.3, 0.4) is 0 Å². The molecule has 4 rings (SSSR count). The quantitative estimate of drug-likeness (QED) is 0.0310. The Morgan fingerprint density at radius 2 is 0.676 bits per heavy atom. The average molecular weight is 1080 g/mol. The molecule has 0 aliphatic heterocycles. The largest absolute Gasteiger partial charge is 1.00 e. The van der Waals surface area contributed by atoms with Crippen LogP contribution >= 0.6 is 0 Å². The number of hydrogen-bond acceptors (Lipinski definition) is 5. The zero-order chi connectivity index (χ0) is 44.2. The van der Waals surface area contributed by atoms with Crippen molar-refractivity contribution < 1.29 is 88.0 Å². The van der Waals surface area contributed by atoms with Crippen LogP contribution in [0.2, 0.25) is 0 Å². The molecule has 0 spiro atoms. The second-order valence-corrected chi connectivity index (χ2v) is 19.2. The van der Waals surface area contributed by atoms with Crippen molar-refractivity contribution in [3.63, 3.8) is 0 Å². The van der Waals surface area contributed by atoms with Crippen LogP contribution in [-0.2, 0) is 26.2 Å². The van der Waals surface area contributed by atoms with Crippen LogP contribution in [0.4, 0.5) is 0 Å². The van der Waals surface area contributed by atoms with Gasteiger partial charge in [-0.2, -0.15) is 0 Å².